The Hall–Kier alpha value is -1.40. The predicted octanol–water partition coefficient (Wildman–Crippen LogP) is 5.56. The molecule has 0 amide bonds. The molecule has 1 heterocycles. The Kier molecular flexibility index (Phi) is 4.55. The number of alkyl halides is 1. The van der Waals surface area contributed by atoms with Crippen LogP contribution in [0.25, 0.3) is 11.5 Å². The molecule has 1 aromatic heterocycles. The minimum Gasteiger partial charge on any atom is -0.456 e. The number of ether oxygens (including phenoxy) is 1. The number of esters is 1. The van der Waals surface area contributed by atoms with Crippen LogP contribution in [0.3, 0.4) is 0 Å². The maximum atomic E-state index is 12.6. The third-order valence-electron chi connectivity index (χ3n) is 6.54. The number of carbonyl (C=O) groups is 1. The summed E-state index contributed by atoms with van der Waals surface area (Å²) in [6, 6.07) is 7.16. The fourth-order valence-corrected chi connectivity index (χ4v) is 7.70. The Bertz CT molecular complexity index is 883. The number of carbonyl (C=O) groups excluding carboxylic acids is 1. The van der Waals surface area contributed by atoms with Gasteiger partial charge < -0.3 is 9.15 Å². The zero-order valence-electron chi connectivity index (χ0n) is 15.5. The first-order valence-electron chi connectivity index (χ1n) is 9.83. The van der Waals surface area contributed by atoms with Crippen molar-refractivity contribution in [3.05, 3.63) is 35.2 Å². The van der Waals surface area contributed by atoms with Gasteiger partial charge in [-0.25, -0.2) is 0 Å². The molecule has 7 heteroatoms. The van der Waals surface area contributed by atoms with Crippen LogP contribution in [0.4, 0.5) is 0 Å². The molecule has 0 unspecified atom stereocenters. The van der Waals surface area contributed by atoms with Gasteiger partial charge in [0, 0.05) is 14.9 Å². The van der Waals surface area contributed by atoms with E-state index in [9.17, 15) is 4.79 Å². The van der Waals surface area contributed by atoms with Crippen molar-refractivity contribution in [3.63, 3.8) is 0 Å². The molecule has 28 heavy (non-hydrogen) atoms. The van der Waals surface area contributed by atoms with Gasteiger partial charge >= 0.3 is 5.97 Å². The Morgan fingerprint density at radius 2 is 1.89 bits per heavy atom. The Morgan fingerprint density at radius 1 is 1.18 bits per heavy atom. The molecule has 0 radical (unpaired) electrons. The molecule has 0 saturated heterocycles. The van der Waals surface area contributed by atoms with Gasteiger partial charge in [-0.3, -0.25) is 4.79 Å². The summed E-state index contributed by atoms with van der Waals surface area (Å²) in [7, 11) is 0. The molecule has 0 N–H and O–H groups in total. The molecular formula is C21H22BrClN2O3. The lowest BCUT2D eigenvalue weighted by Crippen LogP contribution is -2.53. The number of aromatic nitrogens is 2. The van der Waals surface area contributed by atoms with Crippen LogP contribution in [-0.4, -0.2) is 20.5 Å². The first kappa shape index (κ1) is 18.6. The van der Waals surface area contributed by atoms with E-state index in [0.29, 0.717) is 23.2 Å². The molecule has 0 aliphatic heterocycles. The molecule has 4 saturated carbocycles. The van der Waals surface area contributed by atoms with E-state index < -0.39 is 0 Å². The van der Waals surface area contributed by atoms with E-state index in [4.69, 9.17) is 20.8 Å². The number of hydrogen-bond donors (Lipinski definition) is 0. The highest BCUT2D eigenvalue weighted by molar-refractivity contribution is 9.10. The Balaban J connectivity index is 1.20. The standard InChI is InChI=1S/C21H22BrClN2O3/c22-21-8-13-5-14(9-21)7-20(6-13,12-21)10-18(26)27-11-17-24-25-19(28-17)15-1-3-16(23)4-2-15/h1-4,13-14H,5-12H2/t13-,14-,20?,21?/m1/s1. The summed E-state index contributed by atoms with van der Waals surface area (Å²) in [4.78, 5) is 12.6. The largest absolute Gasteiger partial charge is 0.456 e. The molecule has 6 rings (SSSR count). The highest BCUT2D eigenvalue weighted by atomic mass is 79.9. The second-order valence-corrected chi connectivity index (χ2v) is 11.1. The molecule has 148 valence electrons. The van der Waals surface area contributed by atoms with Gasteiger partial charge in [0.2, 0.25) is 5.89 Å². The fraction of sp³-hybridized carbons (Fsp3) is 0.571. The molecular weight excluding hydrogens is 444 g/mol. The number of nitrogens with zero attached hydrogens (tertiary/aromatic N) is 2. The molecule has 5 nitrogen and oxygen atoms in total. The highest BCUT2D eigenvalue weighted by Crippen LogP contribution is 2.65. The molecule has 1 aromatic carbocycles. The van der Waals surface area contributed by atoms with E-state index >= 15 is 0 Å². The van der Waals surface area contributed by atoms with Gasteiger partial charge in [0.15, 0.2) is 6.61 Å². The van der Waals surface area contributed by atoms with E-state index in [1.165, 1.54) is 19.3 Å². The quantitative estimate of drug-likeness (QED) is 0.427. The molecule has 0 spiro atoms. The van der Waals surface area contributed by atoms with Crippen LogP contribution >= 0.6 is 27.5 Å². The maximum absolute atomic E-state index is 12.6. The summed E-state index contributed by atoms with van der Waals surface area (Å²) in [5, 5.41) is 8.66. The van der Waals surface area contributed by atoms with Gasteiger partial charge in [-0.05, 0) is 80.0 Å². The monoisotopic (exact) mass is 464 g/mol. The predicted molar refractivity (Wildman–Crippen MR) is 108 cm³/mol. The first-order chi connectivity index (χ1) is 13.4. The Labute approximate surface area is 177 Å². The molecule has 2 atom stereocenters. The number of rotatable bonds is 5. The Morgan fingerprint density at radius 3 is 2.57 bits per heavy atom. The van der Waals surface area contributed by atoms with E-state index in [1.807, 2.05) is 12.1 Å². The molecule has 2 aromatic rings. The normalized spacial score (nSPS) is 33.2. The highest BCUT2D eigenvalue weighted by Gasteiger charge is 2.57. The topological polar surface area (TPSA) is 65.2 Å². The van der Waals surface area contributed by atoms with Crippen molar-refractivity contribution in [1.29, 1.82) is 0 Å². The van der Waals surface area contributed by atoms with E-state index in [0.717, 1.165) is 36.7 Å². The lowest BCUT2D eigenvalue weighted by Gasteiger charge is -2.60. The lowest BCUT2D eigenvalue weighted by atomic mass is 9.49. The van der Waals surface area contributed by atoms with Crippen LogP contribution in [0, 0.1) is 17.3 Å². The summed E-state index contributed by atoms with van der Waals surface area (Å²) in [5.74, 6) is 2.05. The van der Waals surface area contributed by atoms with Crippen molar-refractivity contribution in [2.24, 2.45) is 17.3 Å². The summed E-state index contributed by atoms with van der Waals surface area (Å²) in [6.45, 7) is 0.0157. The number of hydrogen-bond acceptors (Lipinski definition) is 5. The maximum Gasteiger partial charge on any atom is 0.306 e. The van der Waals surface area contributed by atoms with Crippen molar-refractivity contribution in [1.82, 2.24) is 10.2 Å². The van der Waals surface area contributed by atoms with Crippen LogP contribution in [0.1, 0.15) is 50.8 Å². The van der Waals surface area contributed by atoms with Gasteiger partial charge in [-0.1, -0.05) is 27.5 Å². The van der Waals surface area contributed by atoms with Crippen LogP contribution in [0.5, 0.6) is 0 Å². The summed E-state index contributed by atoms with van der Waals surface area (Å²) < 4.78 is 11.4. The average Bonchev–Trinajstić information content (AvgIpc) is 3.07. The second-order valence-electron chi connectivity index (χ2n) is 8.96. The van der Waals surface area contributed by atoms with Crippen molar-refractivity contribution in [2.75, 3.05) is 0 Å². The third-order valence-corrected chi connectivity index (χ3v) is 7.72. The summed E-state index contributed by atoms with van der Waals surface area (Å²) >= 11 is 9.89. The minimum absolute atomic E-state index is 0.0157. The van der Waals surface area contributed by atoms with Gasteiger partial charge in [0.25, 0.3) is 5.89 Å². The summed E-state index contributed by atoms with van der Waals surface area (Å²) in [6.07, 6.45) is 7.75. The fourth-order valence-electron chi connectivity index (χ4n) is 6.06. The van der Waals surface area contributed by atoms with Gasteiger partial charge in [-0.15, -0.1) is 10.2 Å². The van der Waals surface area contributed by atoms with Crippen molar-refractivity contribution < 1.29 is 13.9 Å². The first-order valence-corrected chi connectivity index (χ1v) is 11.0. The number of benzene rings is 1. The third kappa shape index (κ3) is 3.61. The van der Waals surface area contributed by atoms with Crippen LogP contribution < -0.4 is 0 Å². The van der Waals surface area contributed by atoms with Gasteiger partial charge in [0.05, 0.1) is 6.42 Å². The van der Waals surface area contributed by atoms with Crippen molar-refractivity contribution in [3.8, 4) is 11.5 Å². The zero-order chi connectivity index (χ0) is 19.4. The SMILES string of the molecule is O=C(CC12C[C@H]3C[C@@H](CC(Br)(C3)C1)C2)OCc1nnc(-c2ccc(Cl)cc2)o1. The van der Waals surface area contributed by atoms with Gasteiger partial charge in [0.1, 0.15) is 0 Å². The smallest absolute Gasteiger partial charge is 0.306 e. The molecule has 4 aliphatic carbocycles. The van der Waals surface area contributed by atoms with Crippen LogP contribution in [0.15, 0.2) is 28.7 Å². The molecule has 4 bridgehead atoms. The minimum atomic E-state index is -0.163. The van der Waals surface area contributed by atoms with Gasteiger partial charge in [-0.2, -0.15) is 0 Å². The van der Waals surface area contributed by atoms with E-state index in [-0.39, 0.29) is 22.3 Å². The van der Waals surface area contributed by atoms with E-state index in [2.05, 4.69) is 26.1 Å². The zero-order valence-corrected chi connectivity index (χ0v) is 17.8. The number of halogens is 2. The van der Waals surface area contributed by atoms with Crippen LogP contribution in [0.2, 0.25) is 5.02 Å². The molecule has 4 fully saturated rings. The van der Waals surface area contributed by atoms with Crippen molar-refractivity contribution >= 4 is 33.5 Å². The second kappa shape index (κ2) is 6.84. The van der Waals surface area contributed by atoms with Crippen LogP contribution in [-0.2, 0) is 16.1 Å². The lowest BCUT2D eigenvalue weighted by molar-refractivity contribution is -0.153. The van der Waals surface area contributed by atoms with E-state index in [1.54, 1.807) is 12.1 Å². The average molecular weight is 466 g/mol. The summed E-state index contributed by atoms with van der Waals surface area (Å²) in [5.41, 5.74) is 0.888. The molecule has 4 aliphatic rings. The van der Waals surface area contributed by atoms with Crippen molar-refractivity contribution in [2.45, 2.75) is 55.9 Å².